The first kappa shape index (κ1) is 30.6. The zero-order valence-electron chi connectivity index (χ0n) is 26.7. The van der Waals surface area contributed by atoms with Crippen molar-refractivity contribution in [2.24, 2.45) is 21.7 Å². The van der Waals surface area contributed by atoms with Crippen LogP contribution in [0.25, 0.3) is 11.1 Å². The number of furan rings is 1. The van der Waals surface area contributed by atoms with Crippen molar-refractivity contribution in [3.63, 3.8) is 0 Å². The zero-order valence-corrected chi connectivity index (χ0v) is 26.7. The second-order valence-electron chi connectivity index (χ2n) is 15.3. The number of Topliss-reactive ketones (excluding diaryl/α,β-unsaturated/α-hetero) is 2. The molecule has 0 saturated heterocycles. The summed E-state index contributed by atoms with van der Waals surface area (Å²) in [6, 6.07) is 4.11. The minimum Gasteiger partial charge on any atom is -0.457 e. The Morgan fingerprint density at radius 1 is 0.538 bits per heavy atom. The Bertz CT molecular complexity index is 1290. The van der Waals surface area contributed by atoms with Crippen LogP contribution in [0.2, 0.25) is 0 Å². The summed E-state index contributed by atoms with van der Waals surface area (Å²) in [6.07, 6.45) is 8.11. The number of hydrogen-bond acceptors (Lipinski definition) is 3. The topological polar surface area (TPSA) is 47.3 Å². The van der Waals surface area contributed by atoms with E-state index in [4.69, 9.17) is 4.42 Å². The highest BCUT2D eigenvalue weighted by atomic mass is 16.3. The Balaban J connectivity index is 2.33. The lowest BCUT2D eigenvalue weighted by atomic mass is 9.74. The molecule has 0 radical (unpaired) electrons. The van der Waals surface area contributed by atoms with Gasteiger partial charge < -0.3 is 4.42 Å². The van der Waals surface area contributed by atoms with Gasteiger partial charge in [-0.3, -0.25) is 9.59 Å². The summed E-state index contributed by atoms with van der Waals surface area (Å²) in [6.45, 7) is 29.4. The van der Waals surface area contributed by atoms with Gasteiger partial charge in [0.05, 0.1) is 0 Å². The Labute approximate surface area is 236 Å². The molecule has 3 heteroatoms. The average molecular weight is 529 g/mol. The molecule has 210 valence electrons. The molecule has 0 unspecified atom stereocenters. The van der Waals surface area contributed by atoms with Crippen molar-refractivity contribution in [3.8, 4) is 0 Å². The fraction of sp³-hybridized carbons (Fsp3) is 0.500. The van der Waals surface area contributed by atoms with E-state index in [9.17, 15) is 9.59 Å². The van der Waals surface area contributed by atoms with Crippen molar-refractivity contribution in [2.75, 3.05) is 0 Å². The molecule has 0 bridgehead atoms. The molecule has 0 aromatic carbocycles. The van der Waals surface area contributed by atoms with Gasteiger partial charge in [-0.25, -0.2) is 0 Å². The van der Waals surface area contributed by atoms with E-state index in [1.54, 1.807) is 0 Å². The Morgan fingerprint density at radius 2 is 0.846 bits per heavy atom. The number of rotatable bonds is 2. The normalized spacial score (nSPS) is 20.4. The van der Waals surface area contributed by atoms with E-state index in [0.717, 1.165) is 56.1 Å². The van der Waals surface area contributed by atoms with Gasteiger partial charge in [0.1, 0.15) is 11.5 Å². The summed E-state index contributed by atoms with van der Waals surface area (Å²) >= 11 is 0. The molecule has 0 saturated carbocycles. The first-order chi connectivity index (χ1) is 17.5. The van der Waals surface area contributed by atoms with Gasteiger partial charge in [-0.05, 0) is 94.2 Å². The number of carbonyl (C=O) groups is 2. The lowest BCUT2D eigenvalue weighted by molar-refractivity contribution is -0.113. The van der Waals surface area contributed by atoms with E-state index in [-0.39, 0.29) is 33.2 Å². The van der Waals surface area contributed by atoms with Crippen LogP contribution in [0.4, 0.5) is 0 Å². The highest BCUT2D eigenvalue weighted by Gasteiger charge is 2.34. The third-order valence-corrected chi connectivity index (χ3v) is 7.34. The van der Waals surface area contributed by atoms with Crippen molar-refractivity contribution in [1.82, 2.24) is 0 Å². The van der Waals surface area contributed by atoms with Crippen LogP contribution in [-0.2, 0) is 9.59 Å². The highest BCUT2D eigenvalue weighted by molar-refractivity contribution is 6.12. The van der Waals surface area contributed by atoms with Crippen molar-refractivity contribution in [2.45, 2.75) is 96.9 Å². The molecule has 1 aromatic rings. The molecule has 0 atom stereocenters. The predicted octanol–water partition coefficient (Wildman–Crippen LogP) is 9.88. The second kappa shape index (κ2) is 9.91. The lowest BCUT2D eigenvalue weighted by Gasteiger charge is -2.30. The van der Waals surface area contributed by atoms with Crippen LogP contribution in [0.3, 0.4) is 0 Å². The van der Waals surface area contributed by atoms with Crippen LogP contribution in [0, 0.1) is 21.7 Å². The molecule has 2 aliphatic rings. The minimum atomic E-state index is -0.265. The first-order valence-electron chi connectivity index (χ1n) is 14.0. The van der Waals surface area contributed by atoms with Crippen molar-refractivity contribution in [1.29, 1.82) is 0 Å². The second-order valence-corrected chi connectivity index (χ2v) is 15.3. The Hall–Kier alpha value is -2.94. The largest absolute Gasteiger partial charge is 0.457 e. The van der Waals surface area contributed by atoms with E-state index < -0.39 is 0 Å². The summed E-state index contributed by atoms with van der Waals surface area (Å²) in [5.74, 6) is 1.81. The SMILES string of the molecule is CC1=CC(=C(c2ccc(C(=C3C=C(C)C(=O)C(C(C)(C)C)=C3)C(C)(C)C)o2)C(C)(C)C)C=C(C(C)(C)C)C1=O. The first-order valence-corrected chi connectivity index (χ1v) is 14.0. The standard InChI is InChI=1S/C36H48O3/c1-21-17-23(19-25(31(21)37)33(3,4)5)29(35(9,10)11)27-15-16-28(39-27)30(36(12,13)14)24-18-22(2)32(38)26(20-24)34(6,7)8/h15-20H,1-14H3. The molecule has 3 nitrogen and oxygen atoms in total. The fourth-order valence-electron chi connectivity index (χ4n) is 5.45. The third kappa shape index (κ3) is 6.29. The van der Waals surface area contributed by atoms with Crippen LogP contribution in [0.5, 0.6) is 0 Å². The van der Waals surface area contributed by atoms with Crippen molar-refractivity contribution < 1.29 is 14.0 Å². The van der Waals surface area contributed by atoms with Crippen LogP contribution in [0.1, 0.15) is 108 Å². The van der Waals surface area contributed by atoms with E-state index in [1.165, 1.54) is 0 Å². The molecule has 3 rings (SSSR count). The lowest BCUT2D eigenvalue weighted by Crippen LogP contribution is -2.22. The quantitative estimate of drug-likeness (QED) is 0.384. The molecule has 0 fully saturated rings. The van der Waals surface area contributed by atoms with Crippen molar-refractivity contribution >= 4 is 22.7 Å². The monoisotopic (exact) mass is 528 g/mol. The molecule has 0 spiro atoms. The Kier molecular flexibility index (Phi) is 7.78. The highest BCUT2D eigenvalue weighted by Crippen LogP contribution is 2.46. The predicted molar refractivity (Wildman–Crippen MR) is 164 cm³/mol. The zero-order chi connectivity index (χ0) is 29.9. The van der Waals surface area contributed by atoms with Crippen LogP contribution in [0.15, 0.2) is 74.3 Å². The van der Waals surface area contributed by atoms with Gasteiger partial charge in [0.15, 0.2) is 11.6 Å². The van der Waals surface area contributed by atoms with Crippen LogP contribution >= 0.6 is 0 Å². The molecule has 0 N–H and O–H groups in total. The molecule has 0 aliphatic heterocycles. The summed E-state index contributed by atoms with van der Waals surface area (Å²) in [4.78, 5) is 26.1. The summed E-state index contributed by atoms with van der Waals surface area (Å²) in [5.41, 5.74) is 6.30. The fourth-order valence-corrected chi connectivity index (χ4v) is 5.45. The number of ketones is 2. The summed E-state index contributed by atoms with van der Waals surface area (Å²) in [5, 5.41) is 0. The van der Waals surface area contributed by atoms with Crippen LogP contribution in [-0.4, -0.2) is 11.6 Å². The molecule has 1 heterocycles. The molecule has 2 aliphatic carbocycles. The number of hydrogen-bond donors (Lipinski definition) is 0. The maximum absolute atomic E-state index is 13.0. The summed E-state index contributed by atoms with van der Waals surface area (Å²) in [7, 11) is 0. The minimum absolute atomic E-state index is 0.106. The summed E-state index contributed by atoms with van der Waals surface area (Å²) < 4.78 is 6.73. The van der Waals surface area contributed by atoms with E-state index in [0.29, 0.717) is 0 Å². The molecular weight excluding hydrogens is 480 g/mol. The maximum atomic E-state index is 13.0. The van der Waals surface area contributed by atoms with Gasteiger partial charge in [0, 0.05) is 22.3 Å². The average Bonchev–Trinajstić information content (AvgIpc) is 3.17. The smallest absolute Gasteiger partial charge is 0.185 e. The molecule has 0 amide bonds. The third-order valence-electron chi connectivity index (χ3n) is 7.34. The van der Waals surface area contributed by atoms with E-state index >= 15 is 0 Å². The van der Waals surface area contributed by atoms with Gasteiger partial charge >= 0.3 is 0 Å². The molecule has 39 heavy (non-hydrogen) atoms. The van der Waals surface area contributed by atoms with Crippen molar-refractivity contribution in [3.05, 3.63) is 81.4 Å². The number of carbonyl (C=O) groups excluding carboxylic acids is 2. The molecule has 1 aromatic heterocycles. The van der Waals surface area contributed by atoms with Gasteiger partial charge in [-0.2, -0.15) is 0 Å². The molecular formula is C36H48O3. The van der Waals surface area contributed by atoms with Gasteiger partial charge in [-0.15, -0.1) is 0 Å². The van der Waals surface area contributed by atoms with Gasteiger partial charge in [0.2, 0.25) is 0 Å². The van der Waals surface area contributed by atoms with E-state index in [2.05, 4.69) is 107 Å². The van der Waals surface area contributed by atoms with Gasteiger partial charge in [-0.1, -0.05) is 83.1 Å². The number of allylic oxidation sites excluding steroid dienone is 12. The van der Waals surface area contributed by atoms with Crippen LogP contribution < -0.4 is 0 Å². The maximum Gasteiger partial charge on any atom is 0.185 e. The Morgan fingerprint density at radius 3 is 1.10 bits per heavy atom. The van der Waals surface area contributed by atoms with E-state index in [1.807, 2.05) is 26.0 Å². The van der Waals surface area contributed by atoms with Gasteiger partial charge in [0.25, 0.3) is 0 Å².